The fourth-order valence-electron chi connectivity index (χ4n) is 2.99. The molecule has 2 rings (SSSR count). The number of nitrogens with zero attached hydrogens (tertiary/aromatic N) is 1. The van der Waals surface area contributed by atoms with Crippen LogP contribution in [0.5, 0.6) is 0 Å². The third-order valence-corrected chi connectivity index (χ3v) is 5.45. The lowest BCUT2D eigenvalue weighted by molar-refractivity contribution is -0.114. The van der Waals surface area contributed by atoms with E-state index in [1.54, 1.807) is 24.1 Å². The third-order valence-electron chi connectivity index (χ3n) is 5.45. The van der Waals surface area contributed by atoms with E-state index < -0.39 is 18.3 Å². The molecule has 0 aliphatic carbocycles. The van der Waals surface area contributed by atoms with Gasteiger partial charge in [-0.3, -0.25) is 4.79 Å². The second kappa shape index (κ2) is 8.10. The van der Waals surface area contributed by atoms with Gasteiger partial charge in [-0.2, -0.15) is 0 Å². The molecule has 1 aromatic carbocycles. The Morgan fingerprint density at radius 1 is 1.14 bits per heavy atom. The number of likely N-dealkylation sites (N-methyl/N-ethyl adjacent to an activating group) is 1. The highest BCUT2D eigenvalue weighted by Gasteiger charge is 2.52. The van der Waals surface area contributed by atoms with Crippen LogP contribution in [-0.4, -0.2) is 31.3 Å². The number of hydrogen-bond donors (Lipinski definition) is 0. The molecule has 1 aromatic rings. The second-order valence-electron chi connectivity index (χ2n) is 8.57. The van der Waals surface area contributed by atoms with Crippen LogP contribution >= 0.6 is 0 Å². The van der Waals surface area contributed by atoms with Crippen molar-refractivity contribution in [3.05, 3.63) is 59.7 Å². The molecule has 0 radical (unpaired) electrons. The van der Waals surface area contributed by atoms with Crippen LogP contribution in [0.2, 0.25) is 0 Å². The molecule has 0 aromatic heterocycles. The first kappa shape index (κ1) is 22.2. The Labute approximate surface area is 170 Å². The summed E-state index contributed by atoms with van der Waals surface area (Å²) in [6.07, 6.45) is 5.23. The number of benzene rings is 1. The van der Waals surface area contributed by atoms with Crippen molar-refractivity contribution >= 4 is 24.2 Å². The number of amides is 1. The zero-order valence-corrected chi connectivity index (χ0v) is 18.4. The van der Waals surface area contributed by atoms with Crippen LogP contribution in [0.25, 0.3) is 0 Å². The van der Waals surface area contributed by atoms with Crippen LogP contribution in [0.4, 0.5) is 5.69 Å². The van der Waals surface area contributed by atoms with E-state index in [2.05, 4.69) is 6.58 Å². The highest BCUT2D eigenvalue weighted by Crippen LogP contribution is 2.37. The Morgan fingerprint density at radius 2 is 1.71 bits per heavy atom. The van der Waals surface area contributed by atoms with E-state index >= 15 is 0 Å². The summed E-state index contributed by atoms with van der Waals surface area (Å²) >= 11 is 0. The third kappa shape index (κ3) is 4.48. The van der Waals surface area contributed by atoms with Gasteiger partial charge < -0.3 is 14.2 Å². The number of carbonyl (C=O) groups is 1. The molecule has 1 aliphatic heterocycles. The smallest absolute Gasteiger partial charge is 0.399 e. The Hall–Kier alpha value is -2.11. The number of aryl methyl sites for hydroxylation is 1. The molecule has 0 bridgehead atoms. The van der Waals surface area contributed by atoms with Gasteiger partial charge in [-0.25, -0.2) is 0 Å². The number of anilines is 1. The van der Waals surface area contributed by atoms with E-state index in [9.17, 15) is 4.79 Å². The first-order valence-electron chi connectivity index (χ1n) is 9.61. The van der Waals surface area contributed by atoms with Crippen LogP contribution in [0.3, 0.4) is 0 Å². The molecular formula is C23H32BNO3. The fraction of sp³-hybridized carbons (Fsp3) is 0.435. The number of rotatable bonds is 5. The van der Waals surface area contributed by atoms with Gasteiger partial charge in [0.1, 0.15) is 0 Å². The zero-order chi connectivity index (χ0) is 21.3. The molecule has 0 saturated carbocycles. The fourth-order valence-corrected chi connectivity index (χ4v) is 2.99. The summed E-state index contributed by atoms with van der Waals surface area (Å²) in [4.78, 5) is 14.6. The minimum Gasteiger partial charge on any atom is -0.399 e. The molecule has 0 spiro atoms. The first-order chi connectivity index (χ1) is 12.9. The Morgan fingerprint density at radius 3 is 2.21 bits per heavy atom. The van der Waals surface area contributed by atoms with E-state index in [-0.39, 0.29) is 5.91 Å². The van der Waals surface area contributed by atoms with Crippen molar-refractivity contribution in [2.75, 3.05) is 11.9 Å². The zero-order valence-electron chi connectivity index (χ0n) is 18.4. The molecule has 150 valence electrons. The molecule has 1 saturated heterocycles. The molecular weight excluding hydrogens is 349 g/mol. The summed E-state index contributed by atoms with van der Waals surface area (Å²) in [5.41, 5.74) is 3.61. The molecule has 1 fully saturated rings. The topological polar surface area (TPSA) is 38.8 Å². The lowest BCUT2D eigenvalue weighted by Gasteiger charge is -2.32. The maximum Gasteiger partial charge on any atom is 0.495 e. The Balaban J connectivity index is 2.37. The van der Waals surface area contributed by atoms with Gasteiger partial charge in [-0.1, -0.05) is 42.0 Å². The van der Waals surface area contributed by atoms with Crippen LogP contribution in [-0.2, 0) is 14.1 Å². The highest BCUT2D eigenvalue weighted by atomic mass is 16.7. The summed E-state index contributed by atoms with van der Waals surface area (Å²) in [7, 11) is 1.31. The SMILES string of the molecule is C=C/C=C(\C=C(C)C)C(=O)N(C)c1ccc(C)c(B2OC(C)(C)C(C)(C)O2)c1. The Bertz CT molecular complexity index is 816. The lowest BCUT2D eigenvalue weighted by Crippen LogP contribution is -2.41. The predicted octanol–water partition coefficient (Wildman–Crippen LogP) is 4.34. The van der Waals surface area contributed by atoms with Crippen LogP contribution in [0.15, 0.2) is 54.2 Å². The number of allylic oxidation sites excluding steroid dienone is 3. The standard InChI is InChI=1S/C23H32BNO3/c1-10-11-18(14-16(2)3)21(26)25(9)19-13-12-17(4)20(15-19)24-27-22(5,6)23(7,8)28-24/h10-15H,1H2,2-9H3/b18-11+. The van der Waals surface area contributed by atoms with Crippen molar-refractivity contribution in [1.82, 2.24) is 0 Å². The van der Waals surface area contributed by atoms with Gasteiger partial charge in [-0.05, 0) is 66.1 Å². The van der Waals surface area contributed by atoms with E-state index in [4.69, 9.17) is 9.31 Å². The first-order valence-corrected chi connectivity index (χ1v) is 9.61. The molecule has 1 heterocycles. The highest BCUT2D eigenvalue weighted by molar-refractivity contribution is 6.62. The van der Waals surface area contributed by atoms with E-state index in [1.165, 1.54) is 0 Å². The summed E-state index contributed by atoms with van der Waals surface area (Å²) in [6, 6.07) is 5.91. The summed E-state index contributed by atoms with van der Waals surface area (Å²) in [5.74, 6) is -0.0928. The van der Waals surface area contributed by atoms with E-state index in [0.717, 1.165) is 22.3 Å². The average molecular weight is 381 g/mol. The van der Waals surface area contributed by atoms with E-state index in [1.807, 2.05) is 72.7 Å². The molecule has 0 N–H and O–H groups in total. The molecule has 28 heavy (non-hydrogen) atoms. The maximum absolute atomic E-state index is 13.0. The number of hydrogen-bond acceptors (Lipinski definition) is 3. The van der Waals surface area contributed by atoms with Crippen LogP contribution in [0.1, 0.15) is 47.1 Å². The molecule has 0 unspecified atom stereocenters. The lowest BCUT2D eigenvalue weighted by atomic mass is 9.76. The van der Waals surface area contributed by atoms with Crippen LogP contribution in [0, 0.1) is 6.92 Å². The van der Waals surface area contributed by atoms with Gasteiger partial charge in [0.05, 0.1) is 11.2 Å². The van der Waals surface area contributed by atoms with Crippen molar-refractivity contribution < 1.29 is 14.1 Å². The van der Waals surface area contributed by atoms with Crippen molar-refractivity contribution in [1.29, 1.82) is 0 Å². The van der Waals surface area contributed by atoms with Gasteiger partial charge in [0.15, 0.2) is 0 Å². The summed E-state index contributed by atoms with van der Waals surface area (Å²) in [5, 5.41) is 0. The van der Waals surface area contributed by atoms with Gasteiger partial charge in [0, 0.05) is 18.3 Å². The molecule has 0 atom stereocenters. The quantitative estimate of drug-likeness (QED) is 0.433. The van der Waals surface area contributed by atoms with Gasteiger partial charge in [0.25, 0.3) is 5.91 Å². The van der Waals surface area contributed by atoms with Crippen LogP contribution < -0.4 is 10.4 Å². The molecule has 4 nitrogen and oxygen atoms in total. The van der Waals surface area contributed by atoms with Gasteiger partial charge >= 0.3 is 7.12 Å². The molecule has 1 aliphatic rings. The van der Waals surface area contributed by atoms with Crippen molar-refractivity contribution in [2.45, 2.75) is 59.7 Å². The minimum absolute atomic E-state index is 0.0928. The minimum atomic E-state index is -0.463. The van der Waals surface area contributed by atoms with Crippen molar-refractivity contribution in [3.8, 4) is 0 Å². The normalized spacial score (nSPS) is 18.0. The molecule has 5 heteroatoms. The summed E-state index contributed by atoms with van der Waals surface area (Å²) < 4.78 is 12.4. The van der Waals surface area contributed by atoms with Crippen molar-refractivity contribution in [2.24, 2.45) is 0 Å². The monoisotopic (exact) mass is 381 g/mol. The van der Waals surface area contributed by atoms with Gasteiger partial charge in [-0.15, -0.1) is 0 Å². The molecule has 1 amide bonds. The maximum atomic E-state index is 13.0. The largest absolute Gasteiger partial charge is 0.495 e. The Kier molecular flexibility index (Phi) is 6.42. The van der Waals surface area contributed by atoms with Crippen molar-refractivity contribution in [3.63, 3.8) is 0 Å². The van der Waals surface area contributed by atoms with E-state index in [0.29, 0.717) is 5.57 Å². The van der Waals surface area contributed by atoms with Gasteiger partial charge in [0.2, 0.25) is 0 Å². The predicted molar refractivity (Wildman–Crippen MR) is 118 cm³/mol. The second-order valence-corrected chi connectivity index (χ2v) is 8.57. The average Bonchev–Trinajstić information content (AvgIpc) is 2.80. The summed E-state index contributed by atoms with van der Waals surface area (Å²) in [6.45, 7) is 17.8. The number of carbonyl (C=O) groups excluding carboxylic acids is 1.